The number of hydrogen-bond acceptors (Lipinski definition) is 2. The van der Waals surface area contributed by atoms with Crippen LogP contribution in [0.15, 0.2) is 22.7 Å². The fourth-order valence-electron chi connectivity index (χ4n) is 2.58. The Morgan fingerprint density at radius 1 is 1.33 bits per heavy atom. The smallest absolute Gasteiger partial charge is 0.0627 e. The van der Waals surface area contributed by atoms with Gasteiger partial charge in [-0.2, -0.15) is 0 Å². The largest absolute Gasteiger partial charge is 0.394 e. The standard InChI is InChI=1S/C14H19BrClNO/c15-10-6-7-13(16)12(8-10)14(9-18)17-11-4-2-1-3-5-11/h6-8,11,14,17-18H,1-5,9H2. The Morgan fingerprint density at radius 2 is 2.06 bits per heavy atom. The van der Waals surface area contributed by atoms with Crippen molar-refractivity contribution in [2.75, 3.05) is 6.61 Å². The first-order chi connectivity index (χ1) is 8.70. The van der Waals surface area contributed by atoms with Crippen LogP contribution in [0.25, 0.3) is 0 Å². The molecule has 0 heterocycles. The molecule has 1 aliphatic rings. The van der Waals surface area contributed by atoms with Gasteiger partial charge in [0.05, 0.1) is 12.6 Å². The summed E-state index contributed by atoms with van der Waals surface area (Å²) in [6.45, 7) is 0.0761. The molecule has 1 unspecified atom stereocenters. The van der Waals surface area contributed by atoms with Crippen molar-refractivity contribution < 1.29 is 5.11 Å². The van der Waals surface area contributed by atoms with Crippen molar-refractivity contribution in [2.24, 2.45) is 0 Å². The SMILES string of the molecule is OCC(NC1CCCCC1)c1cc(Br)ccc1Cl. The molecule has 4 heteroatoms. The topological polar surface area (TPSA) is 32.3 Å². The molecule has 0 amide bonds. The molecule has 1 atom stereocenters. The predicted molar refractivity (Wildman–Crippen MR) is 79.0 cm³/mol. The van der Waals surface area contributed by atoms with E-state index < -0.39 is 0 Å². The summed E-state index contributed by atoms with van der Waals surface area (Å²) in [6.07, 6.45) is 6.29. The van der Waals surface area contributed by atoms with Gasteiger partial charge in [0.15, 0.2) is 0 Å². The van der Waals surface area contributed by atoms with Crippen molar-refractivity contribution in [3.63, 3.8) is 0 Å². The molecule has 0 aromatic heterocycles. The normalized spacial score (nSPS) is 18.8. The van der Waals surface area contributed by atoms with Gasteiger partial charge in [-0.05, 0) is 36.6 Å². The highest BCUT2D eigenvalue weighted by Gasteiger charge is 2.20. The fourth-order valence-corrected chi connectivity index (χ4v) is 3.20. The van der Waals surface area contributed by atoms with Crippen molar-refractivity contribution in [1.29, 1.82) is 0 Å². The zero-order valence-corrected chi connectivity index (χ0v) is 12.7. The Labute approximate surface area is 122 Å². The minimum absolute atomic E-state index is 0.0712. The highest BCUT2D eigenvalue weighted by atomic mass is 79.9. The fraction of sp³-hybridized carbons (Fsp3) is 0.571. The molecular formula is C14H19BrClNO. The van der Waals surface area contributed by atoms with E-state index in [0.717, 1.165) is 10.0 Å². The first kappa shape index (κ1) is 14.3. The average molecular weight is 333 g/mol. The molecule has 0 spiro atoms. The van der Waals surface area contributed by atoms with Crippen LogP contribution in [0.1, 0.15) is 43.7 Å². The molecule has 1 aromatic rings. The van der Waals surface area contributed by atoms with E-state index in [1.807, 2.05) is 18.2 Å². The summed E-state index contributed by atoms with van der Waals surface area (Å²) in [6, 6.07) is 6.20. The maximum atomic E-state index is 9.59. The lowest BCUT2D eigenvalue weighted by atomic mass is 9.94. The van der Waals surface area contributed by atoms with E-state index in [1.54, 1.807) is 0 Å². The molecule has 1 aromatic carbocycles. The Bertz CT molecular complexity index is 393. The third kappa shape index (κ3) is 3.70. The van der Waals surface area contributed by atoms with Crippen LogP contribution in [-0.4, -0.2) is 17.8 Å². The van der Waals surface area contributed by atoms with Gasteiger partial charge in [-0.15, -0.1) is 0 Å². The van der Waals surface area contributed by atoms with Crippen molar-refractivity contribution in [3.05, 3.63) is 33.3 Å². The van der Waals surface area contributed by atoms with E-state index >= 15 is 0 Å². The van der Waals surface area contributed by atoms with Crippen molar-refractivity contribution in [2.45, 2.75) is 44.2 Å². The predicted octanol–water partition coefficient (Wildman–Crippen LogP) is 4.06. The number of halogens is 2. The first-order valence-electron chi connectivity index (χ1n) is 6.52. The Morgan fingerprint density at radius 3 is 2.72 bits per heavy atom. The summed E-state index contributed by atoms with van der Waals surface area (Å²) in [5.74, 6) is 0. The number of nitrogens with one attached hydrogen (secondary N) is 1. The first-order valence-corrected chi connectivity index (χ1v) is 7.69. The van der Waals surface area contributed by atoms with E-state index in [4.69, 9.17) is 11.6 Å². The molecule has 2 N–H and O–H groups in total. The monoisotopic (exact) mass is 331 g/mol. The summed E-state index contributed by atoms with van der Waals surface area (Å²) in [7, 11) is 0. The third-order valence-electron chi connectivity index (χ3n) is 3.56. The van der Waals surface area contributed by atoms with Crippen molar-refractivity contribution in [1.82, 2.24) is 5.32 Å². The summed E-state index contributed by atoms with van der Waals surface area (Å²) < 4.78 is 0.991. The van der Waals surface area contributed by atoms with Crippen LogP contribution < -0.4 is 5.32 Å². The lowest BCUT2D eigenvalue weighted by Gasteiger charge is -2.28. The molecule has 100 valence electrons. The Balaban J connectivity index is 2.09. The number of hydrogen-bond donors (Lipinski definition) is 2. The van der Waals surface area contributed by atoms with Crippen LogP contribution in [0.4, 0.5) is 0 Å². The van der Waals surface area contributed by atoms with Crippen molar-refractivity contribution >= 4 is 27.5 Å². The van der Waals surface area contributed by atoms with Crippen LogP contribution in [0, 0.1) is 0 Å². The van der Waals surface area contributed by atoms with Crippen LogP contribution in [0.5, 0.6) is 0 Å². The van der Waals surface area contributed by atoms with E-state index in [2.05, 4.69) is 21.2 Å². The van der Waals surface area contributed by atoms with Gasteiger partial charge in [0.1, 0.15) is 0 Å². The molecule has 0 aliphatic heterocycles. The number of benzene rings is 1. The van der Waals surface area contributed by atoms with Crippen LogP contribution >= 0.6 is 27.5 Å². The maximum Gasteiger partial charge on any atom is 0.0627 e. The second-order valence-electron chi connectivity index (χ2n) is 4.90. The summed E-state index contributed by atoms with van der Waals surface area (Å²) in [5.41, 5.74) is 0.971. The lowest BCUT2D eigenvalue weighted by Crippen LogP contribution is -2.36. The molecular weight excluding hydrogens is 314 g/mol. The van der Waals surface area contributed by atoms with E-state index in [0.29, 0.717) is 11.1 Å². The van der Waals surface area contributed by atoms with Gasteiger partial charge in [-0.25, -0.2) is 0 Å². The minimum atomic E-state index is -0.0712. The highest BCUT2D eigenvalue weighted by Crippen LogP contribution is 2.28. The molecule has 0 radical (unpaired) electrons. The van der Waals surface area contributed by atoms with Gasteiger partial charge in [0, 0.05) is 15.5 Å². The maximum absolute atomic E-state index is 9.59. The molecule has 1 fully saturated rings. The minimum Gasteiger partial charge on any atom is -0.394 e. The molecule has 2 rings (SSSR count). The summed E-state index contributed by atoms with van der Waals surface area (Å²) >= 11 is 9.67. The van der Waals surface area contributed by atoms with Gasteiger partial charge in [0.2, 0.25) is 0 Å². The van der Waals surface area contributed by atoms with Gasteiger partial charge in [-0.3, -0.25) is 0 Å². The highest BCUT2D eigenvalue weighted by molar-refractivity contribution is 9.10. The summed E-state index contributed by atoms with van der Waals surface area (Å²) in [4.78, 5) is 0. The average Bonchev–Trinajstić information content (AvgIpc) is 2.40. The molecule has 1 saturated carbocycles. The molecule has 0 saturated heterocycles. The molecule has 0 bridgehead atoms. The molecule has 18 heavy (non-hydrogen) atoms. The van der Waals surface area contributed by atoms with Gasteiger partial charge in [0.25, 0.3) is 0 Å². The van der Waals surface area contributed by atoms with Crippen LogP contribution in [0.3, 0.4) is 0 Å². The number of rotatable bonds is 4. The lowest BCUT2D eigenvalue weighted by molar-refractivity contribution is 0.220. The number of aliphatic hydroxyl groups is 1. The zero-order chi connectivity index (χ0) is 13.0. The van der Waals surface area contributed by atoms with Gasteiger partial charge in [-0.1, -0.05) is 46.8 Å². The number of aliphatic hydroxyl groups excluding tert-OH is 1. The second-order valence-corrected chi connectivity index (χ2v) is 6.23. The van der Waals surface area contributed by atoms with E-state index in [1.165, 1.54) is 32.1 Å². The van der Waals surface area contributed by atoms with Gasteiger partial charge >= 0.3 is 0 Å². The van der Waals surface area contributed by atoms with Crippen LogP contribution in [-0.2, 0) is 0 Å². The van der Waals surface area contributed by atoms with Crippen LogP contribution in [0.2, 0.25) is 5.02 Å². The summed E-state index contributed by atoms with van der Waals surface area (Å²) in [5, 5.41) is 13.8. The Hall–Kier alpha value is -0.0900. The Kier molecular flexibility index (Phi) is 5.49. The van der Waals surface area contributed by atoms with Crippen molar-refractivity contribution in [3.8, 4) is 0 Å². The van der Waals surface area contributed by atoms with Gasteiger partial charge < -0.3 is 10.4 Å². The second kappa shape index (κ2) is 6.90. The third-order valence-corrected chi connectivity index (χ3v) is 4.40. The molecule has 1 aliphatic carbocycles. The molecule has 2 nitrogen and oxygen atoms in total. The van der Waals surface area contributed by atoms with E-state index in [-0.39, 0.29) is 12.6 Å². The zero-order valence-electron chi connectivity index (χ0n) is 10.3. The van der Waals surface area contributed by atoms with E-state index in [9.17, 15) is 5.11 Å². The quantitative estimate of drug-likeness (QED) is 0.871.